The zero-order valence-corrected chi connectivity index (χ0v) is 14.4. The Labute approximate surface area is 147 Å². The summed E-state index contributed by atoms with van der Waals surface area (Å²) >= 11 is 0. The van der Waals surface area contributed by atoms with Crippen LogP contribution in [0.3, 0.4) is 0 Å². The lowest BCUT2D eigenvalue weighted by Gasteiger charge is -2.26. The van der Waals surface area contributed by atoms with Gasteiger partial charge >= 0.3 is 0 Å². The highest BCUT2D eigenvalue weighted by molar-refractivity contribution is 5.75. The van der Waals surface area contributed by atoms with Crippen molar-refractivity contribution in [1.82, 2.24) is 5.32 Å². The molecule has 0 saturated carbocycles. The average molecular weight is 341 g/mol. The average Bonchev–Trinajstić information content (AvgIpc) is 2.63. The van der Waals surface area contributed by atoms with Gasteiger partial charge in [0, 0.05) is 6.42 Å². The van der Waals surface area contributed by atoms with E-state index in [1.165, 1.54) is 0 Å². The van der Waals surface area contributed by atoms with Crippen molar-refractivity contribution in [1.29, 1.82) is 0 Å². The molecule has 132 valence electrons. The Morgan fingerprint density at radius 1 is 1.20 bits per heavy atom. The number of benzene rings is 2. The monoisotopic (exact) mass is 341 g/mol. The minimum Gasteiger partial charge on any atom is -0.494 e. The minimum atomic E-state index is -0.164. The summed E-state index contributed by atoms with van der Waals surface area (Å²) in [6.45, 7) is 3.42. The molecule has 0 saturated heterocycles. The summed E-state index contributed by atoms with van der Waals surface area (Å²) in [5.74, 6) is 2.31. The maximum absolute atomic E-state index is 11.9. The molecule has 5 nitrogen and oxygen atoms in total. The van der Waals surface area contributed by atoms with Gasteiger partial charge in [0.2, 0.25) is 5.91 Å². The largest absolute Gasteiger partial charge is 0.494 e. The topological polar surface area (TPSA) is 56.8 Å². The van der Waals surface area contributed by atoms with Crippen LogP contribution >= 0.6 is 0 Å². The first-order valence-corrected chi connectivity index (χ1v) is 8.55. The van der Waals surface area contributed by atoms with Crippen LogP contribution in [-0.2, 0) is 4.79 Å². The Bertz CT molecular complexity index is 716. The van der Waals surface area contributed by atoms with E-state index in [0.29, 0.717) is 32.6 Å². The number of carbonyl (C=O) groups is 1. The lowest BCUT2D eigenvalue weighted by Crippen LogP contribution is -2.40. The Hall–Kier alpha value is -2.69. The summed E-state index contributed by atoms with van der Waals surface area (Å²) in [7, 11) is 0. The number of rotatable bonds is 7. The molecule has 25 heavy (non-hydrogen) atoms. The van der Waals surface area contributed by atoms with Crippen molar-refractivity contribution in [2.24, 2.45) is 0 Å². The second-order valence-corrected chi connectivity index (χ2v) is 6.07. The predicted molar refractivity (Wildman–Crippen MR) is 95.3 cm³/mol. The Morgan fingerprint density at radius 3 is 2.88 bits per heavy atom. The highest BCUT2D eigenvalue weighted by atomic mass is 16.6. The molecular formula is C20H23NO4. The van der Waals surface area contributed by atoms with E-state index in [9.17, 15) is 4.79 Å². The molecule has 2 aromatic carbocycles. The summed E-state index contributed by atoms with van der Waals surface area (Å²) in [4.78, 5) is 11.9. The molecule has 1 N–H and O–H groups in total. The third kappa shape index (κ3) is 5.14. The molecule has 1 heterocycles. The van der Waals surface area contributed by atoms with Crippen molar-refractivity contribution < 1.29 is 19.0 Å². The summed E-state index contributed by atoms with van der Waals surface area (Å²) in [5.41, 5.74) is 1.16. The van der Waals surface area contributed by atoms with Crippen LogP contribution in [0.5, 0.6) is 17.2 Å². The summed E-state index contributed by atoms with van der Waals surface area (Å²) < 4.78 is 17.1. The van der Waals surface area contributed by atoms with E-state index in [-0.39, 0.29) is 12.0 Å². The van der Waals surface area contributed by atoms with E-state index in [1.807, 2.05) is 55.5 Å². The quantitative estimate of drug-likeness (QED) is 0.786. The van der Waals surface area contributed by atoms with Crippen LogP contribution in [0.25, 0.3) is 0 Å². The molecule has 1 unspecified atom stereocenters. The molecule has 1 aliphatic heterocycles. The molecule has 1 atom stereocenters. The molecule has 0 fully saturated rings. The van der Waals surface area contributed by atoms with Crippen LogP contribution in [0, 0.1) is 6.92 Å². The molecule has 2 aromatic rings. The zero-order valence-electron chi connectivity index (χ0n) is 14.4. The molecule has 0 spiro atoms. The van der Waals surface area contributed by atoms with Crippen LogP contribution in [0.15, 0.2) is 48.5 Å². The highest BCUT2D eigenvalue weighted by Crippen LogP contribution is 2.30. The Kier molecular flexibility index (Phi) is 5.77. The van der Waals surface area contributed by atoms with Crippen LogP contribution in [-0.4, -0.2) is 31.8 Å². The molecule has 1 aliphatic rings. The Morgan fingerprint density at radius 2 is 2.04 bits per heavy atom. The number of hydrogen-bond acceptors (Lipinski definition) is 4. The molecule has 0 aliphatic carbocycles. The van der Waals surface area contributed by atoms with E-state index in [1.54, 1.807) is 0 Å². The fourth-order valence-electron chi connectivity index (χ4n) is 2.61. The van der Waals surface area contributed by atoms with Gasteiger partial charge in [0.25, 0.3) is 0 Å². The third-order valence-corrected chi connectivity index (χ3v) is 3.90. The van der Waals surface area contributed by atoms with Crippen molar-refractivity contribution in [2.45, 2.75) is 25.9 Å². The second kappa shape index (κ2) is 8.42. The highest BCUT2D eigenvalue weighted by Gasteiger charge is 2.20. The van der Waals surface area contributed by atoms with E-state index in [0.717, 1.165) is 22.8 Å². The van der Waals surface area contributed by atoms with E-state index >= 15 is 0 Å². The maximum atomic E-state index is 11.9. The van der Waals surface area contributed by atoms with Gasteiger partial charge in [-0.3, -0.25) is 4.79 Å². The molecule has 0 radical (unpaired) electrons. The standard InChI is InChI=1S/C20H23NO4/c1-15-6-4-7-16(12-15)23-11-5-10-20(22)21-13-17-14-24-18-8-2-3-9-19(18)25-17/h2-4,6-9,12,17H,5,10-11,13-14H2,1H3,(H,21,22). The number of ether oxygens (including phenoxy) is 3. The number of aryl methyl sites for hydroxylation is 1. The van der Waals surface area contributed by atoms with Crippen molar-refractivity contribution >= 4 is 5.91 Å². The fraction of sp³-hybridized carbons (Fsp3) is 0.350. The van der Waals surface area contributed by atoms with Gasteiger partial charge in [-0.25, -0.2) is 0 Å². The Balaban J connectivity index is 1.32. The number of nitrogens with one attached hydrogen (secondary N) is 1. The smallest absolute Gasteiger partial charge is 0.220 e. The van der Waals surface area contributed by atoms with Crippen LogP contribution in [0.2, 0.25) is 0 Å². The van der Waals surface area contributed by atoms with Crippen LogP contribution < -0.4 is 19.5 Å². The molecule has 3 rings (SSSR count). The van der Waals surface area contributed by atoms with Crippen LogP contribution in [0.1, 0.15) is 18.4 Å². The third-order valence-electron chi connectivity index (χ3n) is 3.90. The van der Waals surface area contributed by atoms with Gasteiger partial charge in [0.05, 0.1) is 13.2 Å². The second-order valence-electron chi connectivity index (χ2n) is 6.07. The lowest BCUT2D eigenvalue weighted by molar-refractivity contribution is -0.121. The van der Waals surface area contributed by atoms with Gasteiger partial charge in [-0.2, -0.15) is 0 Å². The van der Waals surface area contributed by atoms with E-state index in [2.05, 4.69) is 5.32 Å². The van der Waals surface area contributed by atoms with Gasteiger partial charge < -0.3 is 19.5 Å². The zero-order chi connectivity index (χ0) is 17.5. The minimum absolute atomic E-state index is 0.00435. The van der Waals surface area contributed by atoms with Crippen molar-refractivity contribution in [2.75, 3.05) is 19.8 Å². The van der Waals surface area contributed by atoms with E-state index < -0.39 is 0 Å². The number of amides is 1. The van der Waals surface area contributed by atoms with Gasteiger partial charge in [-0.1, -0.05) is 24.3 Å². The molecule has 0 bridgehead atoms. The van der Waals surface area contributed by atoms with Gasteiger partial charge in [0.15, 0.2) is 11.5 Å². The summed E-state index contributed by atoms with van der Waals surface area (Å²) in [5, 5.41) is 2.89. The summed E-state index contributed by atoms with van der Waals surface area (Å²) in [6, 6.07) is 15.4. The first-order chi connectivity index (χ1) is 12.2. The van der Waals surface area contributed by atoms with Crippen molar-refractivity contribution in [3.63, 3.8) is 0 Å². The lowest BCUT2D eigenvalue weighted by atomic mass is 10.2. The molecule has 0 aromatic heterocycles. The normalized spacial score (nSPS) is 15.5. The molecule has 5 heteroatoms. The van der Waals surface area contributed by atoms with Crippen molar-refractivity contribution in [3.05, 3.63) is 54.1 Å². The van der Waals surface area contributed by atoms with Crippen molar-refractivity contribution in [3.8, 4) is 17.2 Å². The first kappa shape index (κ1) is 17.1. The van der Waals surface area contributed by atoms with Gasteiger partial charge in [-0.05, 0) is 43.2 Å². The SMILES string of the molecule is Cc1cccc(OCCCC(=O)NCC2COc3ccccc3O2)c1. The maximum Gasteiger partial charge on any atom is 0.220 e. The van der Waals surface area contributed by atoms with Crippen LogP contribution in [0.4, 0.5) is 0 Å². The van der Waals surface area contributed by atoms with Gasteiger partial charge in [0.1, 0.15) is 18.5 Å². The molecule has 1 amide bonds. The van der Waals surface area contributed by atoms with Gasteiger partial charge in [-0.15, -0.1) is 0 Å². The number of fused-ring (bicyclic) bond motifs is 1. The fourth-order valence-corrected chi connectivity index (χ4v) is 2.61. The number of para-hydroxylation sites is 2. The molecular weight excluding hydrogens is 318 g/mol. The summed E-state index contributed by atoms with van der Waals surface area (Å²) in [6.07, 6.45) is 0.933. The van der Waals surface area contributed by atoms with E-state index in [4.69, 9.17) is 14.2 Å². The number of carbonyl (C=O) groups excluding carboxylic acids is 1. The first-order valence-electron chi connectivity index (χ1n) is 8.55. The predicted octanol–water partition coefficient (Wildman–Crippen LogP) is 3.11. The number of hydrogen-bond donors (Lipinski definition) is 1.